The Bertz CT molecular complexity index is 644. The molecule has 0 spiro atoms. The van der Waals surface area contributed by atoms with Crippen LogP contribution in [-0.4, -0.2) is 54.0 Å². The molecule has 1 rings (SSSR count). The molecule has 1 aliphatic rings. The topological polar surface area (TPSA) is 38.3 Å². The van der Waals surface area contributed by atoms with Gasteiger partial charge >= 0.3 is 41.9 Å². The second kappa shape index (κ2) is 7.50. The maximum atomic E-state index is 13.7. The van der Waals surface area contributed by atoms with Crippen molar-refractivity contribution in [3.63, 3.8) is 0 Å². The molecule has 1 amide bonds. The zero-order valence-electron chi connectivity index (χ0n) is 14.9. The Morgan fingerprint density at radius 3 is 1.63 bits per heavy atom. The van der Waals surface area contributed by atoms with E-state index in [9.17, 15) is 61.9 Å². The summed E-state index contributed by atoms with van der Waals surface area (Å²) >= 11 is 0. The lowest BCUT2D eigenvalue weighted by Gasteiger charge is -2.40. The predicted octanol–water partition coefficient (Wildman–Crippen LogP) is 5.64. The van der Waals surface area contributed by atoms with E-state index in [1.807, 2.05) is 0 Å². The molecule has 1 N–H and O–H groups in total. The first-order valence-electron chi connectivity index (χ1n) is 7.97. The molecule has 0 aromatic rings. The van der Waals surface area contributed by atoms with Crippen molar-refractivity contribution in [3.8, 4) is 0 Å². The number of rotatable bonds is 8. The van der Waals surface area contributed by atoms with Crippen LogP contribution < -0.4 is 5.32 Å². The summed E-state index contributed by atoms with van der Waals surface area (Å²) in [5.41, 5.74) is 0. The van der Waals surface area contributed by atoms with E-state index in [1.54, 1.807) is 0 Å². The van der Waals surface area contributed by atoms with Crippen LogP contribution in [0, 0.1) is 5.92 Å². The van der Waals surface area contributed by atoms with Crippen molar-refractivity contribution in [1.29, 1.82) is 0 Å². The Morgan fingerprint density at radius 1 is 0.800 bits per heavy atom. The van der Waals surface area contributed by atoms with E-state index in [1.165, 1.54) is 13.8 Å². The monoisotopic (exact) mass is 475 g/mol. The van der Waals surface area contributed by atoms with Gasteiger partial charge in [-0.2, -0.15) is 57.1 Å². The van der Waals surface area contributed by atoms with Gasteiger partial charge in [0.25, 0.3) is 0 Å². The predicted molar refractivity (Wildman–Crippen MR) is 72.1 cm³/mol. The van der Waals surface area contributed by atoms with Crippen LogP contribution in [0.5, 0.6) is 0 Å². The van der Waals surface area contributed by atoms with E-state index in [2.05, 4.69) is 10.1 Å². The van der Waals surface area contributed by atoms with E-state index < -0.39 is 72.8 Å². The Hall–Kier alpha value is -1.64. The number of carbonyl (C=O) groups is 1. The highest BCUT2D eigenvalue weighted by Crippen LogP contribution is 2.60. The van der Waals surface area contributed by atoms with Crippen molar-refractivity contribution in [2.45, 2.75) is 74.6 Å². The molecule has 0 aliphatic carbocycles. The van der Waals surface area contributed by atoms with Crippen LogP contribution >= 0.6 is 0 Å². The van der Waals surface area contributed by atoms with Crippen LogP contribution in [-0.2, 0) is 4.74 Å². The molecule has 178 valence electrons. The van der Waals surface area contributed by atoms with Gasteiger partial charge in [-0.05, 0) is 12.3 Å². The number of alkyl carbamates (subject to hydrolysis) is 1. The van der Waals surface area contributed by atoms with Crippen LogP contribution in [0.2, 0.25) is 0 Å². The van der Waals surface area contributed by atoms with Gasteiger partial charge in [-0.15, -0.1) is 0 Å². The van der Waals surface area contributed by atoms with Gasteiger partial charge in [0, 0.05) is 6.42 Å². The summed E-state index contributed by atoms with van der Waals surface area (Å²) in [5, 5.41) is 2.08. The number of hydrogen-bond donors (Lipinski definition) is 1. The van der Waals surface area contributed by atoms with Gasteiger partial charge in [-0.1, -0.05) is 13.8 Å². The summed E-state index contributed by atoms with van der Waals surface area (Å²) < 4.78 is 174. The van der Waals surface area contributed by atoms with Crippen molar-refractivity contribution in [2.75, 3.05) is 0 Å². The van der Waals surface area contributed by atoms with Gasteiger partial charge in [0.1, 0.15) is 6.10 Å². The van der Waals surface area contributed by atoms with Crippen LogP contribution in [0.15, 0.2) is 0 Å². The third-order valence-electron chi connectivity index (χ3n) is 4.40. The minimum Gasteiger partial charge on any atom is -0.444 e. The Balaban J connectivity index is 3.19. The number of alkyl halides is 13. The highest BCUT2D eigenvalue weighted by atomic mass is 19.4. The van der Waals surface area contributed by atoms with Crippen LogP contribution in [0.25, 0.3) is 0 Å². The summed E-state index contributed by atoms with van der Waals surface area (Å²) in [5.74, 6) is -37.6. The zero-order valence-corrected chi connectivity index (χ0v) is 14.9. The largest absolute Gasteiger partial charge is 0.460 e. The van der Waals surface area contributed by atoms with Crippen molar-refractivity contribution >= 4 is 6.09 Å². The molecule has 1 saturated heterocycles. The normalized spacial score (nSPS) is 22.3. The molecule has 0 unspecified atom stereocenters. The van der Waals surface area contributed by atoms with Gasteiger partial charge in [0.2, 0.25) is 0 Å². The molecule has 1 aliphatic heterocycles. The molecular formula is C14H14F13NO2. The first-order chi connectivity index (χ1) is 13.0. The van der Waals surface area contributed by atoms with E-state index >= 15 is 0 Å². The van der Waals surface area contributed by atoms with E-state index in [4.69, 9.17) is 0 Å². The average molecular weight is 475 g/mol. The fourth-order valence-corrected chi connectivity index (χ4v) is 2.59. The van der Waals surface area contributed by atoms with Crippen molar-refractivity contribution < 1.29 is 66.6 Å². The summed E-state index contributed by atoms with van der Waals surface area (Å²) in [6.45, 7) is 2.82. The SMILES string of the molecule is CC(C)[C@@H]1NC(=O)O[C@@H]1CCC(F)(F)C(F)(F)C(F)(F)C(F)(F)C(F)(F)C(F)(F)F. The fraction of sp³-hybridized carbons (Fsp3) is 0.929. The molecule has 2 atom stereocenters. The van der Waals surface area contributed by atoms with Gasteiger partial charge in [0.05, 0.1) is 6.04 Å². The molecule has 0 saturated carbocycles. The summed E-state index contributed by atoms with van der Waals surface area (Å²) in [7, 11) is 0. The molecular weight excluding hydrogens is 461 g/mol. The highest BCUT2D eigenvalue weighted by molar-refractivity contribution is 5.70. The van der Waals surface area contributed by atoms with Crippen molar-refractivity contribution in [2.24, 2.45) is 5.92 Å². The standard InChI is InChI=1S/C14H14F13NO2/c1-5(2)7-6(30-8(29)28-7)3-4-9(15,16)10(17,18)11(19,20)12(21,22)13(23,24)14(25,26)27/h5-7H,3-4H2,1-2H3,(H,28,29)/t6-,7+/m1/s1. The molecule has 3 nitrogen and oxygen atoms in total. The lowest BCUT2D eigenvalue weighted by molar-refractivity contribution is -0.440. The average Bonchev–Trinajstić information content (AvgIpc) is 2.92. The Morgan fingerprint density at radius 2 is 1.23 bits per heavy atom. The first kappa shape index (κ1) is 26.4. The number of nitrogens with one attached hydrogen (secondary N) is 1. The lowest BCUT2D eigenvalue weighted by atomic mass is 9.89. The minimum atomic E-state index is -7.92. The fourth-order valence-electron chi connectivity index (χ4n) is 2.59. The van der Waals surface area contributed by atoms with Crippen molar-refractivity contribution in [3.05, 3.63) is 0 Å². The van der Waals surface area contributed by atoms with Gasteiger partial charge in [0.15, 0.2) is 0 Å². The second-order valence-electron chi connectivity index (χ2n) is 6.90. The Kier molecular flexibility index (Phi) is 6.60. The van der Waals surface area contributed by atoms with Crippen molar-refractivity contribution in [1.82, 2.24) is 5.32 Å². The number of ether oxygens (including phenoxy) is 1. The first-order valence-corrected chi connectivity index (χ1v) is 7.97. The maximum Gasteiger partial charge on any atom is 0.460 e. The summed E-state index contributed by atoms with van der Waals surface area (Å²) in [6.07, 6.45) is -14.0. The molecule has 16 heteroatoms. The second-order valence-corrected chi connectivity index (χ2v) is 6.90. The Labute approximate surface area is 159 Å². The third kappa shape index (κ3) is 3.97. The van der Waals surface area contributed by atoms with E-state index in [0.29, 0.717) is 0 Å². The highest BCUT2D eigenvalue weighted by Gasteiger charge is 2.90. The molecule has 1 fully saturated rings. The molecule has 1 heterocycles. The number of hydrogen-bond acceptors (Lipinski definition) is 2. The molecule has 0 radical (unpaired) electrons. The zero-order chi connectivity index (χ0) is 24.1. The molecule has 0 bridgehead atoms. The number of halogens is 13. The quantitative estimate of drug-likeness (QED) is 0.462. The lowest BCUT2D eigenvalue weighted by Crippen LogP contribution is -2.70. The molecule has 30 heavy (non-hydrogen) atoms. The summed E-state index contributed by atoms with van der Waals surface area (Å²) in [6, 6.07) is -1.07. The van der Waals surface area contributed by atoms with E-state index in [-0.39, 0.29) is 0 Å². The van der Waals surface area contributed by atoms with Crippen LogP contribution in [0.3, 0.4) is 0 Å². The minimum absolute atomic E-state index is 0.549. The molecule has 0 aromatic carbocycles. The van der Waals surface area contributed by atoms with Crippen LogP contribution in [0.1, 0.15) is 26.7 Å². The number of amides is 1. The molecule has 0 aromatic heterocycles. The van der Waals surface area contributed by atoms with Crippen LogP contribution in [0.4, 0.5) is 61.9 Å². The maximum absolute atomic E-state index is 13.7. The van der Waals surface area contributed by atoms with Gasteiger partial charge < -0.3 is 10.1 Å². The van der Waals surface area contributed by atoms with Gasteiger partial charge in [-0.3, -0.25) is 0 Å². The van der Waals surface area contributed by atoms with E-state index in [0.717, 1.165) is 0 Å². The smallest absolute Gasteiger partial charge is 0.444 e. The number of carbonyl (C=O) groups excluding carboxylic acids is 1. The van der Waals surface area contributed by atoms with Gasteiger partial charge in [-0.25, -0.2) is 4.79 Å². The number of cyclic esters (lactones) is 1. The summed E-state index contributed by atoms with van der Waals surface area (Å²) in [4.78, 5) is 11.1. The third-order valence-corrected chi connectivity index (χ3v) is 4.40.